The first-order valence-electron chi connectivity index (χ1n) is 4.54. The molecule has 0 saturated carbocycles. The summed E-state index contributed by atoms with van der Waals surface area (Å²) in [5.41, 5.74) is 0. The molecule has 0 amide bonds. The van der Waals surface area contributed by atoms with Gasteiger partial charge >= 0.3 is 0 Å². The average Bonchev–Trinajstić information content (AvgIpc) is 2.32. The lowest BCUT2D eigenvalue weighted by Gasteiger charge is -2.27. The smallest absolute Gasteiger partial charge is 0.134 e. The van der Waals surface area contributed by atoms with Crippen LogP contribution >= 0.6 is 0 Å². The summed E-state index contributed by atoms with van der Waals surface area (Å²) in [5.74, 6) is 0.705. The zero-order valence-electron chi connectivity index (χ0n) is 6.97. The van der Waals surface area contributed by atoms with E-state index in [1.807, 2.05) is 0 Å². The molecule has 3 unspecified atom stereocenters. The Hall–Kier alpha value is -0.370. The number of nitrogens with one attached hydrogen (secondary N) is 1. The molecule has 0 aromatic rings. The van der Waals surface area contributed by atoms with Crippen molar-refractivity contribution in [1.82, 2.24) is 5.32 Å². The molecule has 2 saturated heterocycles. The molecular weight excluding hydrogens is 138 g/mol. The summed E-state index contributed by atoms with van der Waals surface area (Å²) in [7, 11) is 0. The lowest BCUT2D eigenvalue weighted by Crippen LogP contribution is -2.42. The highest BCUT2D eigenvalue weighted by Gasteiger charge is 2.36. The van der Waals surface area contributed by atoms with Gasteiger partial charge in [0.2, 0.25) is 0 Å². The normalized spacial score (nSPS) is 42.5. The molecule has 2 aliphatic heterocycles. The molecule has 0 spiro atoms. The van der Waals surface area contributed by atoms with Crippen LogP contribution in [0.3, 0.4) is 0 Å². The molecule has 2 fully saturated rings. The van der Waals surface area contributed by atoms with Crippen LogP contribution in [0.4, 0.5) is 0 Å². The van der Waals surface area contributed by atoms with Crippen molar-refractivity contribution in [2.45, 2.75) is 44.7 Å². The van der Waals surface area contributed by atoms with E-state index in [9.17, 15) is 4.79 Å². The van der Waals surface area contributed by atoms with Crippen LogP contribution in [0.5, 0.6) is 0 Å². The first-order chi connectivity index (χ1) is 5.27. The number of carbonyl (C=O) groups is 1. The molecule has 0 radical (unpaired) electrons. The van der Waals surface area contributed by atoms with Crippen molar-refractivity contribution in [2.24, 2.45) is 5.92 Å². The summed E-state index contributed by atoms with van der Waals surface area (Å²) < 4.78 is 0. The van der Waals surface area contributed by atoms with E-state index < -0.39 is 0 Å². The molecular formula is C9H15NO. The van der Waals surface area contributed by atoms with Gasteiger partial charge in [0.15, 0.2) is 0 Å². The third kappa shape index (κ3) is 1.20. The fourth-order valence-corrected chi connectivity index (χ4v) is 2.46. The van der Waals surface area contributed by atoms with Crippen molar-refractivity contribution in [3.05, 3.63) is 0 Å². The molecule has 0 aromatic carbocycles. The van der Waals surface area contributed by atoms with E-state index in [2.05, 4.69) is 5.32 Å². The van der Waals surface area contributed by atoms with E-state index in [1.165, 1.54) is 19.3 Å². The molecule has 2 heterocycles. The van der Waals surface area contributed by atoms with Gasteiger partial charge in [0.05, 0.1) is 0 Å². The number of carbonyl (C=O) groups excluding carboxylic acids is 1. The topological polar surface area (TPSA) is 29.1 Å². The van der Waals surface area contributed by atoms with Crippen LogP contribution in [0.15, 0.2) is 0 Å². The van der Waals surface area contributed by atoms with E-state index in [-0.39, 0.29) is 0 Å². The molecule has 0 aromatic heterocycles. The Morgan fingerprint density at radius 2 is 2.00 bits per heavy atom. The molecule has 62 valence electrons. The van der Waals surface area contributed by atoms with Crippen molar-refractivity contribution >= 4 is 5.78 Å². The van der Waals surface area contributed by atoms with Gasteiger partial charge in [-0.3, -0.25) is 4.79 Å². The van der Waals surface area contributed by atoms with Crippen molar-refractivity contribution in [3.8, 4) is 0 Å². The van der Waals surface area contributed by atoms with Crippen molar-refractivity contribution in [2.75, 3.05) is 0 Å². The minimum absolute atomic E-state index is 0.328. The maximum Gasteiger partial charge on any atom is 0.134 e. The van der Waals surface area contributed by atoms with Gasteiger partial charge < -0.3 is 5.32 Å². The van der Waals surface area contributed by atoms with Crippen LogP contribution in [0.1, 0.15) is 32.6 Å². The molecule has 11 heavy (non-hydrogen) atoms. The van der Waals surface area contributed by atoms with E-state index >= 15 is 0 Å². The summed E-state index contributed by atoms with van der Waals surface area (Å²) in [4.78, 5) is 11.1. The highest BCUT2D eigenvalue weighted by molar-refractivity contribution is 5.79. The predicted octanol–water partition coefficient (Wildman–Crippen LogP) is 1.11. The largest absolute Gasteiger partial charge is 0.311 e. The van der Waals surface area contributed by atoms with E-state index in [0.29, 0.717) is 17.7 Å². The second-order valence-corrected chi connectivity index (χ2v) is 3.84. The minimum atomic E-state index is 0.328. The second kappa shape index (κ2) is 2.59. The number of hydrogen-bond acceptors (Lipinski definition) is 2. The van der Waals surface area contributed by atoms with Gasteiger partial charge in [0.25, 0.3) is 0 Å². The van der Waals surface area contributed by atoms with Crippen LogP contribution in [-0.4, -0.2) is 17.9 Å². The first kappa shape index (κ1) is 7.29. The van der Waals surface area contributed by atoms with Gasteiger partial charge in [-0.05, 0) is 32.6 Å². The Labute approximate surface area is 67.4 Å². The predicted molar refractivity (Wildman–Crippen MR) is 43.4 cm³/mol. The van der Waals surface area contributed by atoms with Crippen LogP contribution in [0.2, 0.25) is 0 Å². The molecule has 2 heteroatoms. The molecule has 3 atom stereocenters. The zero-order valence-corrected chi connectivity index (χ0v) is 6.97. The monoisotopic (exact) mass is 153 g/mol. The fraction of sp³-hybridized carbons (Fsp3) is 0.889. The quantitative estimate of drug-likeness (QED) is 0.611. The molecule has 1 N–H and O–H groups in total. The maximum absolute atomic E-state index is 11.1. The third-order valence-electron chi connectivity index (χ3n) is 3.11. The zero-order chi connectivity index (χ0) is 7.84. The van der Waals surface area contributed by atoms with Gasteiger partial charge in [-0.2, -0.15) is 0 Å². The van der Waals surface area contributed by atoms with E-state index in [1.54, 1.807) is 6.92 Å². The van der Waals surface area contributed by atoms with Crippen molar-refractivity contribution in [1.29, 1.82) is 0 Å². The van der Waals surface area contributed by atoms with E-state index in [0.717, 1.165) is 12.5 Å². The first-order valence-corrected chi connectivity index (χ1v) is 4.54. The number of piperidine rings is 1. The molecule has 0 aliphatic carbocycles. The standard InChI is InChI=1S/C9H15NO/c1-6(11)8-4-2-7-3-5-9(8)10-7/h7-10H,2-5H2,1H3. The number of fused-ring (bicyclic) bond motifs is 2. The van der Waals surface area contributed by atoms with Crippen molar-refractivity contribution < 1.29 is 4.79 Å². The Kier molecular flexibility index (Phi) is 1.72. The second-order valence-electron chi connectivity index (χ2n) is 3.84. The summed E-state index contributed by atoms with van der Waals surface area (Å²) in [6.07, 6.45) is 4.84. The van der Waals surface area contributed by atoms with Gasteiger partial charge in [-0.25, -0.2) is 0 Å². The summed E-state index contributed by atoms with van der Waals surface area (Å²) in [5, 5.41) is 3.50. The van der Waals surface area contributed by atoms with Crippen molar-refractivity contribution in [3.63, 3.8) is 0 Å². The number of rotatable bonds is 1. The van der Waals surface area contributed by atoms with Crippen LogP contribution in [0.25, 0.3) is 0 Å². The third-order valence-corrected chi connectivity index (χ3v) is 3.11. The molecule has 2 nitrogen and oxygen atoms in total. The average molecular weight is 153 g/mol. The number of ketones is 1. The summed E-state index contributed by atoms with van der Waals surface area (Å²) in [6.45, 7) is 1.73. The molecule has 2 aliphatic rings. The SMILES string of the molecule is CC(=O)C1CCC2CCC1N2. The molecule has 2 rings (SSSR count). The highest BCUT2D eigenvalue weighted by Crippen LogP contribution is 2.31. The van der Waals surface area contributed by atoms with Gasteiger partial charge in [-0.15, -0.1) is 0 Å². The van der Waals surface area contributed by atoms with Crippen LogP contribution in [0, 0.1) is 5.92 Å². The lowest BCUT2D eigenvalue weighted by atomic mass is 9.89. The molecule has 2 bridgehead atoms. The lowest BCUT2D eigenvalue weighted by molar-refractivity contribution is -0.122. The Morgan fingerprint density at radius 1 is 1.27 bits per heavy atom. The Bertz CT molecular complexity index is 178. The summed E-state index contributed by atoms with van der Waals surface area (Å²) >= 11 is 0. The minimum Gasteiger partial charge on any atom is -0.311 e. The number of Topliss-reactive ketones (excluding diaryl/α,β-unsaturated/α-hetero) is 1. The Morgan fingerprint density at radius 3 is 2.73 bits per heavy atom. The summed E-state index contributed by atoms with van der Waals surface area (Å²) in [6, 6.07) is 1.25. The van der Waals surface area contributed by atoms with Gasteiger partial charge in [0, 0.05) is 18.0 Å². The highest BCUT2D eigenvalue weighted by atomic mass is 16.1. The van der Waals surface area contributed by atoms with Gasteiger partial charge in [0.1, 0.15) is 5.78 Å². The van der Waals surface area contributed by atoms with Crippen LogP contribution < -0.4 is 5.32 Å². The van der Waals surface area contributed by atoms with E-state index in [4.69, 9.17) is 0 Å². The fourth-order valence-electron chi connectivity index (χ4n) is 2.46. The number of hydrogen-bond donors (Lipinski definition) is 1. The maximum atomic E-state index is 11.1. The van der Waals surface area contributed by atoms with Gasteiger partial charge in [-0.1, -0.05) is 0 Å². The van der Waals surface area contributed by atoms with Crippen LogP contribution in [-0.2, 0) is 4.79 Å². The Balaban J connectivity index is 2.07.